The van der Waals surface area contributed by atoms with Gasteiger partial charge in [-0.2, -0.15) is 0 Å². The van der Waals surface area contributed by atoms with E-state index in [0.29, 0.717) is 0 Å². The molecule has 0 fully saturated rings. The summed E-state index contributed by atoms with van der Waals surface area (Å²) >= 11 is 0. The molecule has 0 radical (unpaired) electrons. The molecule has 0 saturated carbocycles. The van der Waals surface area contributed by atoms with Crippen LogP contribution in [0.5, 0.6) is 0 Å². The van der Waals surface area contributed by atoms with Gasteiger partial charge in [-0.05, 0) is 12.8 Å². The quantitative estimate of drug-likeness (QED) is 0.388. The molecule has 0 aromatic carbocycles. The number of esters is 1. The van der Waals surface area contributed by atoms with Crippen LogP contribution < -0.4 is 5.73 Å². The van der Waals surface area contributed by atoms with Crippen LogP contribution in [0.2, 0.25) is 0 Å². The Labute approximate surface area is 83.4 Å². The van der Waals surface area contributed by atoms with Gasteiger partial charge in [0.25, 0.3) is 0 Å². The third-order valence-corrected chi connectivity index (χ3v) is 2.03. The molecule has 0 heterocycles. The maximum atomic E-state index is 11.4. The first kappa shape index (κ1) is 12.4. The van der Waals surface area contributed by atoms with Crippen LogP contribution in [0.25, 0.3) is 0 Å². The van der Waals surface area contributed by atoms with E-state index in [1.165, 1.54) is 19.3 Å². The fraction of sp³-hybridized carbons (Fsp3) is 0.400. The van der Waals surface area contributed by atoms with Gasteiger partial charge in [0, 0.05) is 0 Å². The van der Waals surface area contributed by atoms with Gasteiger partial charge in [-0.3, -0.25) is 9.59 Å². The van der Waals surface area contributed by atoms with Crippen LogP contribution in [-0.4, -0.2) is 19.0 Å². The van der Waals surface area contributed by atoms with Gasteiger partial charge >= 0.3 is 5.97 Å². The highest BCUT2D eigenvalue weighted by molar-refractivity contribution is 6.02. The van der Waals surface area contributed by atoms with Gasteiger partial charge in [0.1, 0.15) is 0 Å². The van der Waals surface area contributed by atoms with Crippen molar-refractivity contribution < 1.29 is 14.3 Å². The Kier molecular flexibility index (Phi) is 4.63. The summed E-state index contributed by atoms with van der Waals surface area (Å²) in [7, 11) is 1.21. The molecule has 2 N–H and O–H groups in total. The number of nitrogens with two attached hydrogens (primary N) is 1. The van der Waals surface area contributed by atoms with Crippen molar-refractivity contribution in [1.82, 2.24) is 0 Å². The van der Waals surface area contributed by atoms with E-state index in [-0.39, 0.29) is 12.8 Å². The van der Waals surface area contributed by atoms with Crippen LogP contribution in [0.15, 0.2) is 25.3 Å². The van der Waals surface area contributed by atoms with Crippen LogP contribution >= 0.6 is 0 Å². The lowest BCUT2D eigenvalue weighted by Gasteiger charge is -2.24. The van der Waals surface area contributed by atoms with Gasteiger partial charge in [-0.15, -0.1) is 13.2 Å². The molecule has 0 bridgehead atoms. The smallest absolute Gasteiger partial charge is 0.322 e. The average Bonchev–Trinajstić information content (AvgIpc) is 2.15. The Balaban J connectivity index is 5.11. The van der Waals surface area contributed by atoms with E-state index in [1.54, 1.807) is 0 Å². The standard InChI is InChI=1S/C10H15NO3/c1-4-6-10(7-5-2,8(11)12)9(13)14-3/h4-5H,1-2,6-7H2,3H3,(H2,11,12). The minimum atomic E-state index is -1.35. The number of ether oxygens (including phenoxy) is 1. The van der Waals surface area contributed by atoms with Crippen molar-refractivity contribution in [3.8, 4) is 0 Å². The summed E-state index contributed by atoms with van der Waals surface area (Å²) in [4.78, 5) is 22.7. The Morgan fingerprint density at radius 3 is 2.00 bits per heavy atom. The maximum Gasteiger partial charge on any atom is 0.322 e. The van der Waals surface area contributed by atoms with E-state index in [1.807, 2.05) is 0 Å². The molecule has 0 atom stereocenters. The first-order valence-electron chi connectivity index (χ1n) is 4.15. The highest BCUT2D eigenvalue weighted by atomic mass is 16.5. The topological polar surface area (TPSA) is 69.4 Å². The molecule has 0 aliphatic heterocycles. The van der Waals surface area contributed by atoms with Gasteiger partial charge in [0.2, 0.25) is 5.91 Å². The van der Waals surface area contributed by atoms with Crippen LogP contribution in [0.3, 0.4) is 0 Å². The molecule has 0 rings (SSSR count). The summed E-state index contributed by atoms with van der Waals surface area (Å²) in [5.41, 5.74) is 3.84. The lowest BCUT2D eigenvalue weighted by Crippen LogP contribution is -2.44. The summed E-state index contributed by atoms with van der Waals surface area (Å²) in [6.45, 7) is 6.95. The lowest BCUT2D eigenvalue weighted by molar-refractivity contribution is -0.157. The van der Waals surface area contributed by atoms with Crippen molar-refractivity contribution in [3.63, 3.8) is 0 Å². The van der Waals surface area contributed by atoms with Crippen molar-refractivity contribution in [2.75, 3.05) is 7.11 Å². The molecule has 0 aromatic rings. The molecule has 0 unspecified atom stereocenters. The van der Waals surface area contributed by atoms with Crippen LogP contribution in [-0.2, 0) is 14.3 Å². The Hall–Kier alpha value is -1.58. The number of methoxy groups -OCH3 is 1. The Morgan fingerprint density at radius 2 is 1.79 bits per heavy atom. The third-order valence-electron chi connectivity index (χ3n) is 2.03. The molecule has 78 valence electrons. The molecule has 0 aliphatic rings. The molecular weight excluding hydrogens is 182 g/mol. The van der Waals surface area contributed by atoms with Gasteiger partial charge in [0.05, 0.1) is 7.11 Å². The van der Waals surface area contributed by atoms with Gasteiger partial charge in [-0.1, -0.05) is 12.2 Å². The monoisotopic (exact) mass is 197 g/mol. The summed E-state index contributed by atoms with van der Waals surface area (Å²) in [5.74, 6) is -1.37. The Bertz CT molecular complexity index is 248. The fourth-order valence-corrected chi connectivity index (χ4v) is 1.24. The number of carbonyl (C=O) groups is 2. The van der Waals surface area contributed by atoms with Crippen LogP contribution in [0.1, 0.15) is 12.8 Å². The van der Waals surface area contributed by atoms with E-state index >= 15 is 0 Å². The van der Waals surface area contributed by atoms with Gasteiger partial charge in [0.15, 0.2) is 5.41 Å². The van der Waals surface area contributed by atoms with Gasteiger partial charge in [-0.25, -0.2) is 0 Å². The fourth-order valence-electron chi connectivity index (χ4n) is 1.24. The van der Waals surface area contributed by atoms with Crippen molar-refractivity contribution in [1.29, 1.82) is 0 Å². The van der Waals surface area contributed by atoms with E-state index in [4.69, 9.17) is 5.73 Å². The third kappa shape index (κ3) is 2.22. The second kappa shape index (κ2) is 5.21. The summed E-state index contributed by atoms with van der Waals surface area (Å²) < 4.78 is 4.55. The number of carbonyl (C=O) groups excluding carboxylic acids is 2. The zero-order valence-corrected chi connectivity index (χ0v) is 8.29. The molecule has 0 aromatic heterocycles. The molecule has 1 amide bonds. The molecule has 0 saturated heterocycles. The molecule has 14 heavy (non-hydrogen) atoms. The minimum Gasteiger partial charge on any atom is -0.468 e. The normalized spacial score (nSPS) is 10.4. The number of amides is 1. The second-order valence-electron chi connectivity index (χ2n) is 2.92. The number of hydrogen-bond acceptors (Lipinski definition) is 3. The number of allylic oxidation sites excluding steroid dienone is 2. The minimum absolute atomic E-state index is 0.154. The second-order valence-corrected chi connectivity index (χ2v) is 2.92. The van der Waals surface area contributed by atoms with Crippen molar-refractivity contribution in [3.05, 3.63) is 25.3 Å². The summed E-state index contributed by atoms with van der Waals surface area (Å²) in [6, 6.07) is 0. The number of rotatable bonds is 6. The predicted molar refractivity (Wildman–Crippen MR) is 53.3 cm³/mol. The summed E-state index contributed by atoms with van der Waals surface area (Å²) in [5, 5.41) is 0. The van der Waals surface area contributed by atoms with Gasteiger partial charge < -0.3 is 10.5 Å². The highest BCUT2D eigenvalue weighted by Crippen LogP contribution is 2.28. The zero-order chi connectivity index (χ0) is 11.2. The first-order valence-corrected chi connectivity index (χ1v) is 4.15. The van der Waals surface area contributed by atoms with E-state index in [0.717, 1.165) is 0 Å². The molecule has 4 heteroatoms. The van der Waals surface area contributed by atoms with Crippen LogP contribution in [0.4, 0.5) is 0 Å². The van der Waals surface area contributed by atoms with E-state index < -0.39 is 17.3 Å². The predicted octanol–water partition coefficient (Wildman–Crippen LogP) is 0.783. The average molecular weight is 197 g/mol. The number of primary amides is 1. The molecular formula is C10H15NO3. The van der Waals surface area contributed by atoms with E-state index in [9.17, 15) is 9.59 Å². The maximum absolute atomic E-state index is 11.4. The SMILES string of the molecule is C=CCC(CC=C)(C(N)=O)C(=O)OC. The first-order chi connectivity index (χ1) is 6.55. The van der Waals surface area contributed by atoms with Crippen molar-refractivity contribution >= 4 is 11.9 Å². The summed E-state index contributed by atoms with van der Waals surface area (Å²) in [6.07, 6.45) is 3.23. The molecule has 0 aliphatic carbocycles. The highest BCUT2D eigenvalue weighted by Gasteiger charge is 2.43. The van der Waals surface area contributed by atoms with Crippen LogP contribution in [0, 0.1) is 5.41 Å². The molecule has 0 spiro atoms. The van der Waals surface area contributed by atoms with E-state index in [2.05, 4.69) is 17.9 Å². The largest absolute Gasteiger partial charge is 0.468 e. The number of hydrogen-bond donors (Lipinski definition) is 1. The van der Waals surface area contributed by atoms with Crippen molar-refractivity contribution in [2.45, 2.75) is 12.8 Å². The zero-order valence-electron chi connectivity index (χ0n) is 8.29. The molecule has 4 nitrogen and oxygen atoms in total. The van der Waals surface area contributed by atoms with Crippen molar-refractivity contribution in [2.24, 2.45) is 11.1 Å². The lowest BCUT2D eigenvalue weighted by atomic mass is 9.80. The Morgan fingerprint density at radius 1 is 1.36 bits per heavy atom.